The first-order valence-electron chi connectivity index (χ1n) is 8.08. The summed E-state index contributed by atoms with van der Waals surface area (Å²) in [5.74, 6) is -0.996. The summed E-state index contributed by atoms with van der Waals surface area (Å²) >= 11 is 0. The molecule has 1 atom stereocenters. The molecule has 0 spiro atoms. The molecule has 0 saturated carbocycles. The van der Waals surface area contributed by atoms with Crippen LogP contribution in [0.15, 0.2) is 54.6 Å². The summed E-state index contributed by atoms with van der Waals surface area (Å²) < 4.78 is 5.25. The van der Waals surface area contributed by atoms with Gasteiger partial charge in [0.15, 0.2) is 0 Å². The number of hydrogen-bond donors (Lipinski definition) is 2. The summed E-state index contributed by atoms with van der Waals surface area (Å²) in [5.41, 5.74) is 1.33. The van der Waals surface area contributed by atoms with Gasteiger partial charge >= 0.3 is 12.1 Å². The minimum absolute atomic E-state index is 0.126. The fourth-order valence-electron chi connectivity index (χ4n) is 2.56. The van der Waals surface area contributed by atoms with Crippen LogP contribution in [0.2, 0.25) is 0 Å². The van der Waals surface area contributed by atoms with E-state index in [1.165, 1.54) is 0 Å². The highest BCUT2D eigenvalue weighted by atomic mass is 16.5. The molecule has 0 aromatic heterocycles. The SMILES string of the molecule is Cc1ccccc1[C@@H](NC(=O)OCc1ccccc1)C(C)(C)C(=O)O. The number of alkyl carbamates (subject to hydrolysis) is 1. The van der Waals surface area contributed by atoms with Crippen LogP contribution >= 0.6 is 0 Å². The largest absolute Gasteiger partial charge is 0.481 e. The number of carboxylic acids is 1. The lowest BCUT2D eigenvalue weighted by molar-refractivity contribution is -0.148. The third-order valence-corrected chi connectivity index (χ3v) is 4.25. The Morgan fingerprint density at radius 1 is 1.08 bits per heavy atom. The second kappa shape index (κ2) is 7.83. The molecule has 0 heterocycles. The normalized spacial score (nSPS) is 12.3. The van der Waals surface area contributed by atoms with E-state index in [-0.39, 0.29) is 6.61 Å². The van der Waals surface area contributed by atoms with Crippen LogP contribution in [0.3, 0.4) is 0 Å². The van der Waals surface area contributed by atoms with Gasteiger partial charge in [-0.1, -0.05) is 54.6 Å². The standard InChI is InChI=1S/C20H23NO4/c1-14-9-7-8-12-16(14)17(20(2,3)18(22)23)21-19(24)25-13-15-10-5-4-6-11-15/h4-12,17H,13H2,1-3H3,(H,21,24)(H,22,23)/t17-/m1/s1. The molecule has 2 aromatic carbocycles. The Labute approximate surface area is 147 Å². The van der Waals surface area contributed by atoms with Gasteiger partial charge in [-0.3, -0.25) is 4.79 Å². The van der Waals surface area contributed by atoms with Crippen LogP contribution in [0.1, 0.15) is 36.6 Å². The maximum atomic E-state index is 12.3. The molecule has 0 aliphatic rings. The number of ether oxygens (including phenoxy) is 1. The van der Waals surface area contributed by atoms with Gasteiger partial charge in [-0.05, 0) is 37.5 Å². The van der Waals surface area contributed by atoms with Crippen molar-refractivity contribution in [2.24, 2.45) is 5.41 Å². The topological polar surface area (TPSA) is 75.6 Å². The Morgan fingerprint density at radius 2 is 1.68 bits per heavy atom. The smallest absolute Gasteiger partial charge is 0.407 e. The van der Waals surface area contributed by atoms with Gasteiger partial charge in [-0.15, -0.1) is 0 Å². The molecule has 0 saturated heterocycles. The summed E-state index contributed by atoms with van der Waals surface area (Å²) in [7, 11) is 0. The summed E-state index contributed by atoms with van der Waals surface area (Å²) in [6.45, 7) is 5.19. The number of carbonyl (C=O) groups excluding carboxylic acids is 1. The Hall–Kier alpha value is -2.82. The number of benzene rings is 2. The summed E-state index contributed by atoms with van der Waals surface area (Å²) in [4.78, 5) is 24.0. The van der Waals surface area contributed by atoms with Crippen LogP contribution in [-0.2, 0) is 16.1 Å². The lowest BCUT2D eigenvalue weighted by atomic mass is 9.79. The zero-order chi connectivity index (χ0) is 18.4. The molecule has 2 aromatic rings. The van der Waals surface area contributed by atoms with Gasteiger partial charge in [0.2, 0.25) is 0 Å². The molecule has 132 valence electrons. The Balaban J connectivity index is 2.17. The molecule has 25 heavy (non-hydrogen) atoms. The molecule has 0 aliphatic carbocycles. The highest BCUT2D eigenvalue weighted by Gasteiger charge is 2.39. The lowest BCUT2D eigenvalue weighted by Gasteiger charge is -2.32. The van der Waals surface area contributed by atoms with Crippen molar-refractivity contribution in [3.63, 3.8) is 0 Å². The van der Waals surface area contributed by atoms with Crippen molar-refractivity contribution in [3.05, 3.63) is 71.3 Å². The van der Waals surface area contributed by atoms with E-state index >= 15 is 0 Å². The van der Waals surface area contributed by atoms with Crippen LogP contribution < -0.4 is 5.32 Å². The molecule has 0 aliphatic heterocycles. The van der Waals surface area contributed by atoms with Gasteiger partial charge in [0.1, 0.15) is 6.61 Å². The Morgan fingerprint density at radius 3 is 2.28 bits per heavy atom. The van der Waals surface area contributed by atoms with E-state index in [0.717, 1.165) is 16.7 Å². The zero-order valence-corrected chi connectivity index (χ0v) is 14.7. The monoisotopic (exact) mass is 341 g/mol. The van der Waals surface area contributed by atoms with Crippen molar-refractivity contribution >= 4 is 12.1 Å². The van der Waals surface area contributed by atoms with Gasteiger partial charge in [0, 0.05) is 0 Å². The summed E-state index contributed by atoms with van der Waals surface area (Å²) in [5, 5.41) is 12.3. The first kappa shape index (κ1) is 18.5. The maximum absolute atomic E-state index is 12.3. The average molecular weight is 341 g/mol. The molecular formula is C20H23NO4. The molecule has 0 bridgehead atoms. The number of rotatable bonds is 6. The third-order valence-electron chi connectivity index (χ3n) is 4.25. The number of carboxylic acid groups (broad SMARTS) is 1. The first-order chi connectivity index (χ1) is 11.8. The van der Waals surface area contributed by atoms with Crippen LogP contribution in [0, 0.1) is 12.3 Å². The van der Waals surface area contributed by atoms with Crippen molar-refractivity contribution in [1.82, 2.24) is 5.32 Å². The fraction of sp³-hybridized carbons (Fsp3) is 0.300. The van der Waals surface area contributed by atoms with E-state index in [1.807, 2.05) is 61.5 Å². The molecule has 5 nitrogen and oxygen atoms in total. The fourth-order valence-corrected chi connectivity index (χ4v) is 2.56. The number of nitrogens with one attached hydrogen (secondary N) is 1. The van der Waals surface area contributed by atoms with Crippen molar-refractivity contribution in [2.45, 2.75) is 33.4 Å². The van der Waals surface area contributed by atoms with Crippen molar-refractivity contribution < 1.29 is 19.4 Å². The van der Waals surface area contributed by atoms with Crippen LogP contribution in [0.5, 0.6) is 0 Å². The predicted molar refractivity (Wildman–Crippen MR) is 95.1 cm³/mol. The minimum atomic E-state index is -1.20. The first-order valence-corrected chi connectivity index (χ1v) is 8.08. The van der Waals surface area contributed by atoms with Gasteiger partial charge in [0.25, 0.3) is 0 Å². The predicted octanol–water partition coefficient (Wildman–Crippen LogP) is 4.07. The van der Waals surface area contributed by atoms with Crippen LogP contribution in [-0.4, -0.2) is 17.2 Å². The summed E-state index contributed by atoms with van der Waals surface area (Å²) in [6, 6.07) is 16.0. The van der Waals surface area contributed by atoms with Gasteiger partial charge in [0.05, 0.1) is 11.5 Å². The second-order valence-corrected chi connectivity index (χ2v) is 6.52. The quantitative estimate of drug-likeness (QED) is 0.830. The minimum Gasteiger partial charge on any atom is -0.481 e. The highest BCUT2D eigenvalue weighted by Crippen LogP contribution is 2.35. The number of aryl methyl sites for hydroxylation is 1. The van der Waals surface area contributed by atoms with E-state index in [4.69, 9.17) is 4.74 Å². The maximum Gasteiger partial charge on any atom is 0.407 e. The van der Waals surface area contributed by atoms with E-state index in [1.54, 1.807) is 13.8 Å². The van der Waals surface area contributed by atoms with Crippen LogP contribution in [0.25, 0.3) is 0 Å². The van der Waals surface area contributed by atoms with Gasteiger partial charge in [-0.25, -0.2) is 4.79 Å². The Kier molecular flexibility index (Phi) is 5.80. The molecule has 2 N–H and O–H groups in total. The number of amides is 1. The van der Waals surface area contributed by atoms with E-state index in [0.29, 0.717) is 0 Å². The lowest BCUT2D eigenvalue weighted by Crippen LogP contribution is -2.43. The van der Waals surface area contributed by atoms with E-state index in [9.17, 15) is 14.7 Å². The number of hydrogen-bond acceptors (Lipinski definition) is 3. The van der Waals surface area contributed by atoms with Crippen molar-refractivity contribution in [3.8, 4) is 0 Å². The zero-order valence-electron chi connectivity index (χ0n) is 14.7. The van der Waals surface area contributed by atoms with Crippen molar-refractivity contribution in [2.75, 3.05) is 0 Å². The Bertz CT molecular complexity index is 740. The number of carbonyl (C=O) groups is 2. The average Bonchev–Trinajstić information content (AvgIpc) is 2.59. The number of aliphatic carboxylic acids is 1. The molecule has 5 heteroatoms. The summed E-state index contributed by atoms with van der Waals surface area (Å²) in [6.07, 6.45) is -0.647. The van der Waals surface area contributed by atoms with Gasteiger partial charge < -0.3 is 15.2 Å². The van der Waals surface area contributed by atoms with E-state index < -0.39 is 23.5 Å². The third kappa shape index (κ3) is 4.59. The second-order valence-electron chi connectivity index (χ2n) is 6.52. The molecule has 0 unspecified atom stereocenters. The molecular weight excluding hydrogens is 318 g/mol. The van der Waals surface area contributed by atoms with Gasteiger partial charge in [-0.2, -0.15) is 0 Å². The van der Waals surface area contributed by atoms with Crippen LogP contribution in [0.4, 0.5) is 4.79 Å². The molecule has 0 radical (unpaired) electrons. The highest BCUT2D eigenvalue weighted by molar-refractivity contribution is 5.77. The molecule has 2 rings (SSSR count). The molecule has 0 fully saturated rings. The molecule has 1 amide bonds. The van der Waals surface area contributed by atoms with Crippen molar-refractivity contribution in [1.29, 1.82) is 0 Å². The van der Waals surface area contributed by atoms with E-state index in [2.05, 4.69) is 5.32 Å².